The normalized spacial score (nSPS) is 15.0. The van der Waals surface area contributed by atoms with Crippen LogP contribution in [0.4, 0.5) is 0 Å². The van der Waals surface area contributed by atoms with Gasteiger partial charge in [-0.2, -0.15) is 0 Å². The van der Waals surface area contributed by atoms with Gasteiger partial charge in [0, 0.05) is 20.6 Å². The molecule has 1 fully saturated rings. The number of nitrogens with zero attached hydrogens (tertiary/aromatic N) is 1. The summed E-state index contributed by atoms with van der Waals surface area (Å²) >= 11 is 0. The second-order valence-corrected chi connectivity index (χ2v) is 9.32. The quantitative estimate of drug-likeness (QED) is 0.663. The van der Waals surface area contributed by atoms with Crippen molar-refractivity contribution in [3.8, 4) is 0 Å². The van der Waals surface area contributed by atoms with Gasteiger partial charge in [-0.15, -0.1) is 0 Å². The van der Waals surface area contributed by atoms with Crippen molar-refractivity contribution in [2.24, 2.45) is 0 Å². The van der Waals surface area contributed by atoms with Crippen LogP contribution in [0.5, 0.6) is 0 Å². The van der Waals surface area contributed by atoms with Crippen molar-refractivity contribution in [2.45, 2.75) is 29.7 Å². The molecule has 1 aliphatic rings. The van der Waals surface area contributed by atoms with Crippen molar-refractivity contribution in [2.75, 3.05) is 20.7 Å². The number of carbonyl (C=O) groups excluding carboxylic acids is 2. The molecule has 1 saturated carbocycles. The molecule has 0 bridgehead atoms. The van der Waals surface area contributed by atoms with Crippen molar-refractivity contribution < 1.29 is 22.7 Å². The average Bonchev–Trinajstić information content (AvgIpc) is 3.53. The lowest BCUT2D eigenvalue weighted by atomic mass is 9.96. The Morgan fingerprint density at radius 3 is 2.28 bits per heavy atom. The summed E-state index contributed by atoms with van der Waals surface area (Å²) in [6, 6.07) is 15.8. The highest BCUT2D eigenvalue weighted by molar-refractivity contribution is 7.89. The van der Waals surface area contributed by atoms with Crippen LogP contribution in [-0.2, 0) is 36.3 Å². The van der Waals surface area contributed by atoms with Crippen molar-refractivity contribution in [1.82, 2.24) is 9.62 Å². The number of hydrogen-bond acceptors (Lipinski definition) is 5. The van der Waals surface area contributed by atoms with Crippen molar-refractivity contribution in [3.63, 3.8) is 0 Å². The molecule has 29 heavy (non-hydrogen) atoms. The van der Waals surface area contributed by atoms with Crippen LogP contribution in [0.3, 0.4) is 0 Å². The Hall–Kier alpha value is -2.71. The maximum atomic E-state index is 12.5. The Kier molecular flexibility index (Phi) is 6.04. The number of benzene rings is 2. The van der Waals surface area contributed by atoms with Crippen LogP contribution >= 0.6 is 0 Å². The Bertz CT molecular complexity index is 999. The first-order chi connectivity index (χ1) is 13.8. The molecular formula is C21H24N2O5S. The van der Waals surface area contributed by atoms with Crippen LogP contribution in [0.15, 0.2) is 59.5 Å². The average molecular weight is 416 g/mol. The zero-order valence-corrected chi connectivity index (χ0v) is 17.2. The molecule has 1 amide bonds. The molecule has 0 saturated heterocycles. The minimum absolute atomic E-state index is 0.0173. The van der Waals surface area contributed by atoms with Gasteiger partial charge in [-0.3, -0.25) is 9.59 Å². The van der Waals surface area contributed by atoms with Crippen LogP contribution in [0.1, 0.15) is 24.0 Å². The van der Waals surface area contributed by atoms with Gasteiger partial charge < -0.3 is 10.1 Å². The van der Waals surface area contributed by atoms with Gasteiger partial charge >= 0.3 is 5.97 Å². The van der Waals surface area contributed by atoms with E-state index in [2.05, 4.69) is 5.32 Å². The van der Waals surface area contributed by atoms with Crippen molar-refractivity contribution >= 4 is 21.9 Å². The number of nitrogens with one attached hydrogen (secondary N) is 1. The number of amides is 1. The molecule has 1 N–H and O–H groups in total. The fraction of sp³-hybridized carbons (Fsp3) is 0.333. The first-order valence-corrected chi connectivity index (χ1v) is 10.7. The Balaban J connectivity index is 1.57. The van der Waals surface area contributed by atoms with Gasteiger partial charge in [0.25, 0.3) is 5.91 Å². The van der Waals surface area contributed by atoms with E-state index in [9.17, 15) is 18.0 Å². The molecule has 7 nitrogen and oxygen atoms in total. The van der Waals surface area contributed by atoms with E-state index in [-0.39, 0.29) is 11.4 Å². The highest BCUT2D eigenvalue weighted by atomic mass is 32.2. The Labute approximate surface area is 170 Å². The molecule has 3 rings (SSSR count). The first-order valence-electron chi connectivity index (χ1n) is 9.27. The highest BCUT2D eigenvalue weighted by Crippen LogP contribution is 2.49. The van der Waals surface area contributed by atoms with E-state index in [1.807, 2.05) is 30.3 Å². The Morgan fingerprint density at radius 2 is 1.66 bits per heavy atom. The molecule has 2 aromatic carbocycles. The van der Waals surface area contributed by atoms with E-state index >= 15 is 0 Å². The molecule has 0 aromatic heterocycles. The second-order valence-electron chi connectivity index (χ2n) is 7.20. The third-order valence-corrected chi connectivity index (χ3v) is 6.92. The molecule has 0 atom stereocenters. The van der Waals surface area contributed by atoms with Gasteiger partial charge in [0.15, 0.2) is 6.61 Å². The van der Waals surface area contributed by atoms with Gasteiger partial charge in [0.05, 0.1) is 10.3 Å². The number of hydrogen-bond donors (Lipinski definition) is 1. The lowest BCUT2D eigenvalue weighted by Gasteiger charge is -2.16. The van der Waals surface area contributed by atoms with Crippen molar-refractivity contribution in [1.29, 1.82) is 0 Å². The molecule has 8 heteroatoms. The van der Waals surface area contributed by atoms with Crippen LogP contribution < -0.4 is 5.32 Å². The monoisotopic (exact) mass is 416 g/mol. The summed E-state index contributed by atoms with van der Waals surface area (Å²) in [4.78, 5) is 24.8. The second kappa shape index (κ2) is 8.34. The van der Waals surface area contributed by atoms with E-state index in [0.717, 1.165) is 9.87 Å². The summed E-state index contributed by atoms with van der Waals surface area (Å²) in [7, 11) is -0.728. The van der Waals surface area contributed by atoms with Crippen LogP contribution in [-0.4, -0.2) is 45.3 Å². The molecule has 0 unspecified atom stereocenters. The van der Waals surface area contributed by atoms with E-state index < -0.39 is 33.9 Å². The SMILES string of the molecule is CN(C)S(=O)(=O)c1ccccc1CNC(=O)COC(=O)C1(c2ccccc2)CC1. The van der Waals surface area contributed by atoms with Gasteiger partial charge in [-0.05, 0) is 30.0 Å². The van der Waals surface area contributed by atoms with Crippen LogP contribution in [0, 0.1) is 0 Å². The van der Waals surface area contributed by atoms with Crippen LogP contribution in [0.25, 0.3) is 0 Å². The maximum Gasteiger partial charge on any atom is 0.317 e. The number of ether oxygens (including phenoxy) is 1. The molecule has 2 aromatic rings. The number of sulfonamides is 1. The summed E-state index contributed by atoms with van der Waals surface area (Å²) in [6.45, 7) is -0.389. The smallest absolute Gasteiger partial charge is 0.317 e. The minimum atomic E-state index is -3.63. The largest absolute Gasteiger partial charge is 0.455 e. The summed E-state index contributed by atoms with van der Waals surface area (Å²) in [5.41, 5.74) is 0.713. The molecule has 0 aliphatic heterocycles. The third kappa shape index (κ3) is 4.49. The van der Waals surface area contributed by atoms with E-state index in [0.29, 0.717) is 18.4 Å². The van der Waals surface area contributed by atoms with Gasteiger partial charge in [0.1, 0.15) is 0 Å². The van der Waals surface area contributed by atoms with E-state index in [1.165, 1.54) is 20.2 Å². The highest BCUT2D eigenvalue weighted by Gasteiger charge is 2.52. The number of esters is 1. The summed E-state index contributed by atoms with van der Waals surface area (Å²) in [5, 5.41) is 2.62. The van der Waals surface area contributed by atoms with E-state index in [4.69, 9.17) is 4.74 Å². The fourth-order valence-corrected chi connectivity index (χ4v) is 4.22. The van der Waals surface area contributed by atoms with Gasteiger partial charge in [-0.25, -0.2) is 12.7 Å². The number of rotatable bonds is 8. The lowest BCUT2D eigenvalue weighted by Crippen LogP contribution is -2.32. The lowest BCUT2D eigenvalue weighted by molar-refractivity contribution is -0.151. The molecule has 0 radical (unpaired) electrons. The van der Waals surface area contributed by atoms with Crippen molar-refractivity contribution in [3.05, 3.63) is 65.7 Å². The molecule has 154 valence electrons. The first kappa shape index (κ1) is 21.0. The summed E-state index contributed by atoms with van der Waals surface area (Å²) in [5.74, 6) is -0.895. The van der Waals surface area contributed by atoms with Gasteiger partial charge in [0.2, 0.25) is 10.0 Å². The predicted molar refractivity (Wildman–Crippen MR) is 107 cm³/mol. The molecular weight excluding hydrogens is 392 g/mol. The predicted octanol–water partition coefficient (Wildman–Crippen LogP) is 1.83. The number of carbonyl (C=O) groups is 2. The molecule has 0 heterocycles. The standard InChI is InChI=1S/C21H24N2O5S/c1-23(2)29(26,27)18-11-7-6-8-16(18)14-22-19(24)15-28-20(25)21(12-13-21)17-9-4-3-5-10-17/h3-11H,12-15H2,1-2H3,(H,22,24). The molecule has 1 aliphatic carbocycles. The zero-order chi connectivity index (χ0) is 21.1. The summed E-state index contributed by atoms with van der Waals surface area (Å²) in [6.07, 6.45) is 1.40. The minimum Gasteiger partial charge on any atom is -0.455 e. The topological polar surface area (TPSA) is 92.8 Å². The zero-order valence-electron chi connectivity index (χ0n) is 16.4. The molecule has 0 spiro atoms. The maximum absolute atomic E-state index is 12.5. The van der Waals surface area contributed by atoms with Crippen LogP contribution in [0.2, 0.25) is 0 Å². The third-order valence-electron chi connectivity index (χ3n) is 5.01. The van der Waals surface area contributed by atoms with E-state index in [1.54, 1.807) is 18.2 Å². The van der Waals surface area contributed by atoms with Gasteiger partial charge in [-0.1, -0.05) is 48.5 Å². The Morgan fingerprint density at radius 1 is 1.03 bits per heavy atom. The fourth-order valence-electron chi connectivity index (χ4n) is 3.11. The summed E-state index contributed by atoms with van der Waals surface area (Å²) < 4.78 is 31.2.